The third-order valence-electron chi connectivity index (χ3n) is 7.47. The van der Waals surface area contributed by atoms with Crippen LogP contribution in [-0.2, 0) is 14.3 Å². The molecule has 9 nitrogen and oxygen atoms in total. The van der Waals surface area contributed by atoms with E-state index in [1.165, 1.54) is 12.1 Å². The van der Waals surface area contributed by atoms with E-state index >= 15 is 0 Å². The monoisotopic (exact) mass is 579 g/mol. The van der Waals surface area contributed by atoms with Gasteiger partial charge in [-0.3, -0.25) is 19.9 Å². The van der Waals surface area contributed by atoms with Gasteiger partial charge in [-0.05, 0) is 55.3 Å². The molecule has 1 aromatic heterocycles. The van der Waals surface area contributed by atoms with Gasteiger partial charge in [0.15, 0.2) is 5.82 Å². The lowest BCUT2D eigenvalue weighted by Gasteiger charge is -2.29. The zero-order chi connectivity index (χ0) is 29.1. The molecule has 41 heavy (non-hydrogen) atoms. The average molecular weight is 580 g/mol. The van der Waals surface area contributed by atoms with Crippen molar-refractivity contribution >= 4 is 46.6 Å². The number of anilines is 3. The number of amides is 3. The zero-order valence-corrected chi connectivity index (χ0v) is 23.6. The highest BCUT2D eigenvalue weighted by molar-refractivity contribution is 6.31. The Balaban J connectivity index is 1.39. The van der Waals surface area contributed by atoms with E-state index in [2.05, 4.69) is 16.0 Å². The van der Waals surface area contributed by atoms with Crippen LogP contribution in [0.25, 0.3) is 11.3 Å². The van der Waals surface area contributed by atoms with Crippen LogP contribution in [0.5, 0.6) is 0 Å². The molecule has 0 spiro atoms. The van der Waals surface area contributed by atoms with Gasteiger partial charge in [-0.15, -0.1) is 0 Å². The first-order valence-corrected chi connectivity index (χ1v) is 13.9. The number of pyridine rings is 1. The number of carbonyl (C=O) groups is 3. The molecule has 0 saturated heterocycles. The van der Waals surface area contributed by atoms with Gasteiger partial charge in [-0.1, -0.05) is 24.1 Å². The minimum atomic E-state index is -0.900. The maximum Gasteiger partial charge on any atom is 0.412 e. The second-order valence-electron chi connectivity index (χ2n) is 10.2. The van der Waals surface area contributed by atoms with Crippen molar-refractivity contribution in [1.29, 1.82) is 0 Å². The van der Waals surface area contributed by atoms with E-state index in [1.54, 1.807) is 11.9 Å². The summed E-state index contributed by atoms with van der Waals surface area (Å²) in [4.78, 5) is 45.0. The molecule has 0 saturated carbocycles. The predicted octanol–water partition coefficient (Wildman–Crippen LogP) is 6.33. The van der Waals surface area contributed by atoms with Crippen molar-refractivity contribution in [2.75, 3.05) is 36.6 Å². The van der Waals surface area contributed by atoms with E-state index in [-0.39, 0.29) is 35.4 Å². The van der Waals surface area contributed by atoms with E-state index in [1.807, 2.05) is 43.4 Å². The number of aromatic nitrogens is 1. The second-order valence-corrected chi connectivity index (χ2v) is 10.6. The van der Waals surface area contributed by atoms with Crippen molar-refractivity contribution in [2.45, 2.75) is 44.1 Å². The van der Waals surface area contributed by atoms with Crippen LogP contribution in [0.2, 0.25) is 5.02 Å². The molecule has 2 aromatic carbocycles. The summed E-state index contributed by atoms with van der Waals surface area (Å²) in [7, 11) is 3.48. The van der Waals surface area contributed by atoms with Gasteiger partial charge in [0.05, 0.1) is 39.3 Å². The molecule has 2 unspecified atom stereocenters. The van der Waals surface area contributed by atoms with Gasteiger partial charge in [-0.25, -0.2) is 9.18 Å². The lowest BCUT2D eigenvalue weighted by molar-refractivity contribution is -0.132. The van der Waals surface area contributed by atoms with Crippen molar-refractivity contribution in [3.05, 3.63) is 70.6 Å². The topological polar surface area (TPSA) is 113 Å². The van der Waals surface area contributed by atoms with Crippen molar-refractivity contribution < 1.29 is 23.5 Å². The summed E-state index contributed by atoms with van der Waals surface area (Å²) in [5.41, 5.74) is 4.00. The Morgan fingerprint density at radius 3 is 2.78 bits per heavy atom. The molecule has 3 N–H and O–H groups in total. The molecule has 2 bridgehead atoms. The first kappa shape index (κ1) is 28.4. The van der Waals surface area contributed by atoms with Gasteiger partial charge >= 0.3 is 6.09 Å². The molecule has 2 atom stereocenters. The Morgan fingerprint density at radius 1 is 1.15 bits per heavy atom. The number of nitrogens with zero attached hydrogens (tertiary/aromatic N) is 2. The Morgan fingerprint density at radius 2 is 1.98 bits per heavy atom. The number of hydrogen-bond acceptors (Lipinski definition) is 6. The minimum Gasteiger partial charge on any atom is -0.441 e. The van der Waals surface area contributed by atoms with Crippen LogP contribution in [0.3, 0.4) is 0 Å². The molecular formula is C30H31ClFN5O4. The number of halogens is 2. The fourth-order valence-electron chi connectivity index (χ4n) is 5.27. The summed E-state index contributed by atoms with van der Waals surface area (Å²) in [6.07, 6.45) is 0.691. The Hall–Kier alpha value is -4.18. The van der Waals surface area contributed by atoms with Gasteiger partial charge in [0.25, 0.3) is 0 Å². The van der Waals surface area contributed by atoms with E-state index < -0.39 is 23.9 Å². The molecule has 3 aromatic rings. The van der Waals surface area contributed by atoms with Gasteiger partial charge in [0.2, 0.25) is 11.8 Å². The summed E-state index contributed by atoms with van der Waals surface area (Å²) in [5, 5.41) is 8.52. The fraction of sp³-hybridized carbons (Fsp3) is 0.333. The van der Waals surface area contributed by atoms with E-state index in [0.29, 0.717) is 48.4 Å². The molecular weight excluding hydrogens is 549 g/mol. The molecule has 3 amide bonds. The number of fused-ring (bicyclic) bond motifs is 5. The summed E-state index contributed by atoms with van der Waals surface area (Å²) >= 11 is 5.98. The maximum atomic E-state index is 14.9. The quantitative estimate of drug-likeness (QED) is 0.325. The molecule has 3 heterocycles. The highest BCUT2D eigenvalue weighted by Crippen LogP contribution is 2.38. The lowest BCUT2D eigenvalue weighted by Crippen LogP contribution is -2.35. The average Bonchev–Trinajstić information content (AvgIpc) is 2.96. The Kier molecular flexibility index (Phi) is 8.39. The third-order valence-corrected chi connectivity index (χ3v) is 7.77. The standard InChI is InChI=1S/C30H31ClFN5O4/c1-33-17-10-11-18-21-7-5-8-22(34-21)19(6-3-4-9-26(38)35-24(18)16-17)29(39)37(2)15-14-25-27-23(36-30(40)41-25)13-12-20(31)28(27)32/h5,7-8,10-13,16,19,25,33H,3-4,6,9,14-15H2,1-2H3,(H,35,38)(H,36,40). The first-order valence-electron chi connectivity index (χ1n) is 13.5. The number of nitrogens with one attached hydrogen (secondary N) is 3. The van der Waals surface area contributed by atoms with Crippen molar-refractivity contribution in [1.82, 2.24) is 9.88 Å². The van der Waals surface area contributed by atoms with Crippen LogP contribution in [0.15, 0.2) is 48.5 Å². The number of ether oxygens (including phenoxy) is 1. The number of hydrogen-bond donors (Lipinski definition) is 3. The van der Waals surface area contributed by atoms with Crippen LogP contribution in [0.4, 0.5) is 26.2 Å². The highest BCUT2D eigenvalue weighted by atomic mass is 35.5. The minimum absolute atomic E-state index is 0.0745. The van der Waals surface area contributed by atoms with Crippen LogP contribution in [0.1, 0.15) is 55.4 Å². The Bertz CT molecular complexity index is 1500. The van der Waals surface area contributed by atoms with Gasteiger partial charge in [-0.2, -0.15) is 0 Å². The van der Waals surface area contributed by atoms with Crippen LogP contribution >= 0.6 is 11.6 Å². The fourth-order valence-corrected chi connectivity index (χ4v) is 5.44. The third kappa shape index (κ3) is 6.12. The summed E-state index contributed by atoms with van der Waals surface area (Å²) in [5.74, 6) is -1.46. The van der Waals surface area contributed by atoms with Crippen molar-refractivity contribution in [3.63, 3.8) is 0 Å². The normalized spacial score (nSPS) is 18.3. The Labute approximate surface area is 242 Å². The second kappa shape index (κ2) is 12.1. The van der Waals surface area contributed by atoms with E-state index in [0.717, 1.165) is 11.3 Å². The van der Waals surface area contributed by atoms with Crippen molar-refractivity contribution in [2.24, 2.45) is 0 Å². The molecule has 0 aliphatic carbocycles. The molecule has 0 radical (unpaired) electrons. The highest BCUT2D eigenvalue weighted by Gasteiger charge is 2.32. The summed E-state index contributed by atoms with van der Waals surface area (Å²) in [6, 6.07) is 14.1. The van der Waals surface area contributed by atoms with Crippen LogP contribution in [0, 0.1) is 5.82 Å². The zero-order valence-electron chi connectivity index (χ0n) is 22.8. The predicted molar refractivity (Wildman–Crippen MR) is 156 cm³/mol. The largest absolute Gasteiger partial charge is 0.441 e. The van der Waals surface area contributed by atoms with Gasteiger partial charge in [0.1, 0.15) is 6.10 Å². The molecule has 5 rings (SSSR count). The summed E-state index contributed by atoms with van der Waals surface area (Å²) < 4.78 is 20.2. The smallest absolute Gasteiger partial charge is 0.412 e. The molecule has 214 valence electrons. The number of carbonyl (C=O) groups excluding carboxylic acids is 3. The van der Waals surface area contributed by atoms with Crippen LogP contribution in [-0.4, -0.2) is 48.4 Å². The number of benzene rings is 2. The first-order chi connectivity index (χ1) is 19.7. The van der Waals surface area contributed by atoms with Gasteiger partial charge in [0, 0.05) is 44.7 Å². The van der Waals surface area contributed by atoms with Crippen molar-refractivity contribution in [3.8, 4) is 11.3 Å². The summed E-state index contributed by atoms with van der Waals surface area (Å²) in [6.45, 7) is 0.205. The van der Waals surface area contributed by atoms with Gasteiger partial charge < -0.3 is 20.3 Å². The molecule has 2 aliphatic rings. The number of rotatable bonds is 5. The molecule has 2 aliphatic heterocycles. The molecule has 0 fully saturated rings. The lowest BCUT2D eigenvalue weighted by atomic mass is 9.94. The SMILES string of the molecule is CNc1ccc2c(c1)NC(=O)CCCCC(C(=O)N(C)CCC1OC(=O)Nc3ccc(Cl)c(F)c31)c1cccc-2n1. The molecule has 11 heteroatoms. The van der Waals surface area contributed by atoms with Crippen LogP contribution < -0.4 is 16.0 Å². The maximum absolute atomic E-state index is 14.9. The van der Waals surface area contributed by atoms with E-state index in [9.17, 15) is 18.8 Å². The van der Waals surface area contributed by atoms with E-state index in [4.69, 9.17) is 21.3 Å². The number of cyclic esters (lactones) is 1. The number of likely N-dealkylation sites (N-methyl/N-ethyl adjacent to an activating group) is 1.